The van der Waals surface area contributed by atoms with E-state index in [0.717, 1.165) is 5.56 Å². The Morgan fingerprint density at radius 3 is 2.74 bits per heavy atom. The molecule has 0 amide bonds. The summed E-state index contributed by atoms with van der Waals surface area (Å²) >= 11 is 0. The van der Waals surface area contributed by atoms with Crippen LogP contribution in [-0.2, 0) is 11.2 Å². The molecular formula is C14H21BO4. The predicted molar refractivity (Wildman–Crippen MR) is 76.6 cm³/mol. The van der Waals surface area contributed by atoms with Gasteiger partial charge in [0.15, 0.2) is 11.5 Å². The van der Waals surface area contributed by atoms with E-state index in [1.54, 1.807) is 18.2 Å². The normalized spacial score (nSPS) is 13.8. The van der Waals surface area contributed by atoms with Crippen molar-refractivity contribution in [2.75, 3.05) is 7.11 Å². The van der Waals surface area contributed by atoms with Crippen LogP contribution in [0.25, 0.3) is 0 Å². The van der Waals surface area contributed by atoms with E-state index in [9.17, 15) is 15.0 Å². The third-order valence-corrected chi connectivity index (χ3v) is 3.14. The van der Waals surface area contributed by atoms with Gasteiger partial charge in [0.1, 0.15) is 13.6 Å². The van der Waals surface area contributed by atoms with Crippen LogP contribution < -0.4 is 4.74 Å². The number of aromatic hydroxyl groups is 1. The number of aryl methyl sites for hydroxylation is 1. The number of methoxy groups -OCH3 is 1. The summed E-state index contributed by atoms with van der Waals surface area (Å²) in [6.07, 6.45) is 0.604. The molecule has 0 saturated heterocycles. The fourth-order valence-electron chi connectivity index (χ4n) is 1.73. The average molecular weight is 264 g/mol. The zero-order valence-corrected chi connectivity index (χ0v) is 11.7. The lowest BCUT2D eigenvalue weighted by Crippen LogP contribution is -2.18. The first kappa shape index (κ1) is 15.6. The highest BCUT2D eigenvalue weighted by Crippen LogP contribution is 2.26. The van der Waals surface area contributed by atoms with Crippen molar-refractivity contribution in [3.8, 4) is 11.5 Å². The number of carbonyl (C=O) groups is 1. The summed E-state index contributed by atoms with van der Waals surface area (Å²) in [5, 5.41) is 19.1. The fourth-order valence-corrected chi connectivity index (χ4v) is 1.73. The van der Waals surface area contributed by atoms with Crippen LogP contribution in [0, 0.1) is 0 Å². The number of ether oxygens (including phenoxy) is 1. The first-order valence-electron chi connectivity index (χ1n) is 6.49. The van der Waals surface area contributed by atoms with E-state index in [0.29, 0.717) is 18.6 Å². The third-order valence-electron chi connectivity index (χ3n) is 3.14. The highest BCUT2D eigenvalue weighted by Gasteiger charge is 2.14. The maximum absolute atomic E-state index is 11.7. The number of hydrogen-bond acceptors (Lipinski definition) is 4. The van der Waals surface area contributed by atoms with Crippen LogP contribution in [0.4, 0.5) is 0 Å². The van der Waals surface area contributed by atoms with Gasteiger partial charge in [0, 0.05) is 12.8 Å². The highest BCUT2D eigenvalue weighted by atomic mass is 16.5. The largest absolute Gasteiger partial charge is 0.504 e. The van der Waals surface area contributed by atoms with Gasteiger partial charge in [-0.15, -0.1) is 0 Å². The molecule has 1 aromatic rings. The van der Waals surface area contributed by atoms with Gasteiger partial charge in [0.2, 0.25) is 0 Å². The molecule has 0 fully saturated rings. The van der Waals surface area contributed by atoms with E-state index in [4.69, 9.17) is 4.74 Å². The molecule has 4 nitrogen and oxygen atoms in total. The number of hydrogen-bond donors (Lipinski definition) is 2. The SMILES string of the molecule is BC(C)C(O)CC(=O)CCc1ccc(O)c(OC)c1. The van der Waals surface area contributed by atoms with Crippen LogP contribution in [0.2, 0.25) is 5.82 Å². The highest BCUT2D eigenvalue weighted by molar-refractivity contribution is 6.11. The summed E-state index contributed by atoms with van der Waals surface area (Å²) in [5.41, 5.74) is 0.932. The monoisotopic (exact) mass is 264 g/mol. The summed E-state index contributed by atoms with van der Waals surface area (Å²) in [6.45, 7) is 1.89. The Kier molecular flexibility index (Phi) is 5.89. The van der Waals surface area contributed by atoms with Crippen LogP contribution in [0.3, 0.4) is 0 Å². The number of aliphatic hydroxyl groups is 1. The van der Waals surface area contributed by atoms with Crippen LogP contribution in [0.5, 0.6) is 11.5 Å². The number of ketones is 1. The van der Waals surface area contributed by atoms with Gasteiger partial charge in [0.25, 0.3) is 0 Å². The lowest BCUT2D eigenvalue weighted by Gasteiger charge is -2.13. The van der Waals surface area contributed by atoms with Gasteiger partial charge in [-0.3, -0.25) is 4.79 Å². The molecule has 0 heterocycles. The van der Waals surface area contributed by atoms with Gasteiger partial charge < -0.3 is 14.9 Å². The Morgan fingerprint density at radius 2 is 2.16 bits per heavy atom. The number of phenols is 1. The fraction of sp³-hybridized carbons (Fsp3) is 0.500. The zero-order valence-electron chi connectivity index (χ0n) is 11.7. The molecule has 2 unspecified atom stereocenters. The van der Waals surface area contributed by atoms with Crippen molar-refractivity contribution >= 4 is 13.6 Å². The molecular weight excluding hydrogens is 243 g/mol. The Hall–Kier alpha value is -1.49. The molecule has 2 N–H and O–H groups in total. The Balaban J connectivity index is 2.50. The predicted octanol–water partition coefficient (Wildman–Crippen LogP) is 1.09. The number of phenolic OH excluding ortho intramolecular Hbond substituents is 1. The van der Waals surface area contributed by atoms with Gasteiger partial charge in [-0.1, -0.05) is 13.0 Å². The minimum Gasteiger partial charge on any atom is -0.504 e. The van der Waals surface area contributed by atoms with E-state index in [1.165, 1.54) is 7.11 Å². The van der Waals surface area contributed by atoms with Crippen LogP contribution >= 0.6 is 0 Å². The first-order valence-corrected chi connectivity index (χ1v) is 6.49. The van der Waals surface area contributed by atoms with Gasteiger partial charge in [-0.05, 0) is 29.9 Å². The molecule has 0 saturated carbocycles. The van der Waals surface area contributed by atoms with Crippen molar-refractivity contribution < 1.29 is 19.7 Å². The smallest absolute Gasteiger partial charge is 0.160 e. The summed E-state index contributed by atoms with van der Waals surface area (Å²) < 4.78 is 5.01. The van der Waals surface area contributed by atoms with Crippen molar-refractivity contribution in [1.82, 2.24) is 0 Å². The van der Waals surface area contributed by atoms with Gasteiger partial charge in [-0.2, -0.15) is 0 Å². The molecule has 0 aliphatic carbocycles. The minimum atomic E-state index is -0.568. The van der Waals surface area contributed by atoms with E-state index < -0.39 is 6.10 Å². The first-order chi connectivity index (χ1) is 8.93. The van der Waals surface area contributed by atoms with Crippen molar-refractivity contribution in [2.45, 2.75) is 38.1 Å². The molecule has 0 aliphatic rings. The molecule has 104 valence electrons. The van der Waals surface area contributed by atoms with Gasteiger partial charge in [-0.25, -0.2) is 0 Å². The lowest BCUT2D eigenvalue weighted by molar-refractivity contribution is -0.120. The molecule has 1 aromatic carbocycles. The van der Waals surface area contributed by atoms with Crippen molar-refractivity contribution in [3.63, 3.8) is 0 Å². The number of aliphatic hydroxyl groups excluding tert-OH is 1. The number of rotatable bonds is 7. The second-order valence-electron chi connectivity index (χ2n) is 5.06. The van der Waals surface area contributed by atoms with Gasteiger partial charge >= 0.3 is 0 Å². The number of benzene rings is 1. The second-order valence-corrected chi connectivity index (χ2v) is 5.06. The van der Waals surface area contributed by atoms with E-state index in [-0.39, 0.29) is 23.8 Å². The van der Waals surface area contributed by atoms with Crippen molar-refractivity contribution in [1.29, 1.82) is 0 Å². The maximum Gasteiger partial charge on any atom is 0.160 e. The minimum absolute atomic E-state index is 0.0493. The zero-order chi connectivity index (χ0) is 14.4. The molecule has 2 atom stereocenters. The molecule has 19 heavy (non-hydrogen) atoms. The van der Waals surface area contributed by atoms with Crippen LogP contribution in [0.1, 0.15) is 25.3 Å². The summed E-state index contributed by atoms with van der Waals surface area (Å²) in [4.78, 5) is 11.7. The van der Waals surface area contributed by atoms with E-state index in [2.05, 4.69) is 0 Å². The van der Waals surface area contributed by atoms with E-state index in [1.807, 2.05) is 14.8 Å². The molecule has 0 aromatic heterocycles. The number of carbonyl (C=O) groups excluding carboxylic acids is 1. The van der Waals surface area contributed by atoms with E-state index >= 15 is 0 Å². The van der Waals surface area contributed by atoms with Crippen LogP contribution in [0.15, 0.2) is 18.2 Å². The molecule has 5 heteroatoms. The average Bonchev–Trinajstić information content (AvgIpc) is 2.37. The maximum atomic E-state index is 11.7. The quantitative estimate of drug-likeness (QED) is 0.723. The summed E-state index contributed by atoms with van der Waals surface area (Å²) in [6, 6.07) is 5.05. The summed E-state index contributed by atoms with van der Waals surface area (Å²) in [5.74, 6) is 0.644. The second kappa shape index (κ2) is 7.19. The molecule has 0 radical (unpaired) electrons. The topological polar surface area (TPSA) is 66.8 Å². The summed E-state index contributed by atoms with van der Waals surface area (Å²) in [7, 11) is 3.38. The Bertz CT molecular complexity index is 431. The van der Waals surface area contributed by atoms with Crippen molar-refractivity contribution in [2.24, 2.45) is 0 Å². The third kappa shape index (κ3) is 4.95. The molecule has 1 rings (SSSR count). The number of Topliss-reactive ketones (excluding diaryl/α,β-unsaturated/α-hetero) is 1. The van der Waals surface area contributed by atoms with Crippen molar-refractivity contribution in [3.05, 3.63) is 23.8 Å². The Labute approximate surface area is 114 Å². The lowest BCUT2D eigenvalue weighted by atomic mass is 9.82. The molecule has 0 spiro atoms. The molecule has 0 bridgehead atoms. The molecule has 0 aliphatic heterocycles. The van der Waals surface area contributed by atoms with Gasteiger partial charge in [0.05, 0.1) is 13.2 Å². The van der Waals surface area contributed by atoms with Crippen LogP contribution in [-0.4, -0.2) is 37.1 Å². The Morgan fingerprint density at radius 1 is 1.47 bits per heavy atom. The standard InChI is InChI=1S/C14H21BO4/c1-9(15)13(18)8-11(16)5-3-10-4-6-12(17)14(7-10)19-2/h4,6-7,9,13,17-18H,3,5,8,15H2,1-2H3.